The van der Waals surface area contributed by atoms with Crippen LogP contribution in [-0.2, 0) is 18.9 Å². The summed E-state index contributed by atoms with van der Waals surface area (Å²) < 4.78 is 24.5. The van der Waals surface area contributed by atoms with Crippen LogP contribution < -0.4 is 0 Å². The van der Waals surface area contributed by atoms with Crippen LogP contribution in [-0.4, -0.2) is 162 Å². The fraction of sp³-hybridized carbons (Fsp3) is 0.952. The molecule has 23 unspecified atom stereocenters. The highest BCUT2D eigenvalue weighted by atomic mass is 16.7. The molecule has 57 heavy (non-hydrogen) atoms. The van der Waals surface area contributed by atoms with E-state index in [1.165, 1.54) is 0 Å². The van der Waals surface area contributed by atoms with Crippen LogP contribution in [0.1, 0.15) is 92.4 Å². The molecular formula is C42H70O15. The van der Waals surface area contributed by atoms with Gasteiger partial charge in [-0.15, -0.1) is 0 Å². The van der Waals surface area contributed by atoms with Crippen molar-refractivity contribution in [1.82, 2.24) is 0 Å². The van der Waals surface area contributed by atoms with Crippen LogP contribution in [0.2, 0.25) is 0 Å². The number of ether oxygens (including phenoxy) is 4. The molecule has 0 aromatic heterocycles. The maximum atomic E-state index is 11.9. The van der Waals surface area contributed by atoms with Gasteiger partial charge >= 0.3 is 0 Å². The van der Waals surface area contributed by atoms with Crippen LogP contribution >= 0.6 is 0 Å². The lowest BCUT2D eigenvalue weighted by atomic mass is 9.41. The molecule has 2 spiro atoms. The second-order valence-electron chi connectivity index (χ2n) is 20.2. The van der Waals surface area contributed by atoms with Crippen molar-refractivity contribution in [2.45, 2.75) is 178 Å². The Morgan fingerprint density at radius 1 is 0.737 bits per heavy atom. The van der Waals surface area contributed by atoms with Crippen LogP contribution in [0.25, 0.3) is 0 Å². The molecule has 5 saturated carbocycles. The Morgan fingerprint density at radius 2 is 1.30 bits per heavy atom. The van der Waals surface area contributed by atoms with Crippen molar-refractivity contribution in [2.75, 3.05) is 19.8 Å². The van der Waals surface area contributed by atoms with Crippen molar-refractivity contribution < 1.29 is 75.1 Å². The number of fused-ring (bicyclic) bond motifs is 2. The summed E-state index contributed by atoms with van der Waals surface area (Å²) in [4.78, 5) is 0. The molecule has 15 heteroatoms. The third-order valence-electron chi connectivity index (χ3n) is 17.7. The summed E-state index contributed by atoms with van der Waals surface area (Å²) in [6, 6.07) is 0. The molecule has 5 aliphatic carbocycles. The lowest BCUT2D eigenvalue weighted by Gasteiger charge is -2.64. The molecule has 15 nitrogen and oxygen atoms in total. The van der Waals surface area contributed by atoms with Gasteiger partial charge in [-0.1, -0.05) is 39.8 Å². The summed E-state index contributed by atoms with van der Waals surface area (Å²) in [6.45, 7) is 13.0. The summed E-state index contributed by atoms with van der Waals surface area (Å²) in [5.74, 6) is -0.144. The number of aliphatic hydroxyl groups is 11. The first-order valence-corrected chi connectivity index (χ1v) is 21.3. The predicted molar refractivity (Wildman–Crippen MR) is 202 cm³/mol. The summed E-state index contributed by atoms with van der Waals surface area (Å²) in [5, 5.41) is 118. The van der Waals surface area contributed by atoms with Crippen LogP contribution in [0.5, 0.6) is 0 Å². The maximum absolute atomic E-state index is 11.9. The van der Waals surface area contributed by atoms with Gasteiger partial charge in [0.2, 0.25) is 0 Å². The summed E-state index contributed by atoms with van der Waals surface area (Å²) in [5.41, 5.74) is -0.923. The molecule has 7 fully saturated rings. The smallest absolute Gasteiger partial charge is 0.186 e. The Hall–Kier alpha value is -0.860. The average molecular weight is 815 g/mol. The van der Waals surface area contributed by atoms with E-state index in [4.69, 9.17) is 18.9 Å². The van der Waals surface area contributed by atoms with Crippen LogP contribution in [0.3, 0.4) is 0 Å². The van der Waals surface area contributed by atoms with Gasteiger partial charge in [-0.25, -0.2) is 0 Å². The maximum Gasteiger partial charge on any atom is 0.186 e. The largest absolute Gasteiger partial charge is 0.394 e. The second-order valence-corrected chi connectivity index (χ2v) is 20.2. The van der Waals surface area contributed by atoms with Crippen LogP contribution in [0, 0.1) is 50.7 Å². The highest BCUT2D eigenvalue weighted by molar-refractivity contribution is 5.31. The molecule has 2 heterocycles. The first-order chi connectivity index (χ1) is 26.7. The summed E-state index contributed by atoms with van der Waals surface area (Å²) in [6.07, 6.45) is -11.1. The molecule has 0 radical (unpaired) electrons. The Kier molecular flexibility index (Phi) is 12.0. The number of hydrogen-bond acceptors (Lipinski definition) is 15. The number of hydrogen-bond donors (Lipinski definition) is 11. The highest BCUT2D eigenvalue weighted by Crippen LogP contribution is 2.89. The highest BCUT2D eigenvalue weighted by Gasteiger charge is 2.83. The molecule has 11 N–H and O–H groups in total. The van der Waals surface area contributed by atoms with Gasteiger partial charge in [0.05, 0.1) is 44.2 Å². The first-order valence-electron chi connectivity index (χ1n) is 21.3. The van der Waals surface area contributed by atoms with Crippen molar-refractivity contribution in [3.8, 4) is 0 Å². The SMILES string of the molecule is C=C(C)C(O)CC(O)C(C)C1C(O)CC2(C)C3CCC4C(C)(COC5OC(CO)C(O)C(O)C5O)C(OC5OC(CO)C(O)C(O)C5O)CCC45CC35CCC12C. The molecule has 23 atom stereocenters. The topological polar surface area (TPSA) is 259 Å². The Labute approximate surface area is 335 Å². The van der Waals surface area contributed by atoms with Gasteiger partial charge < -0.3 is 75.1 Å². The van der Waals surface area contributed by atoms with Crippen molar-refractivity contribution >= 4 is 0 Å². The standard InChI is InChI=1S/C42H70O15/c1-19(2)21(45)13-22(46)20(3)29-23(47)14-40(6)27-8-7-26-38(4,18-54-36-34(52)32(50)30(48)24(15-43)55-36)28(57-37-35(53)33(51)31(49)25(16-44)56-37)9-10-41(26)17-42(27,41)12-11-39(29,40)5/h20-37,43-53H,1,7-18H2,2-6H3. The average Bonchev–Trinajstić information content (AvgIpc) is 3.78. The quantitative estimate of drug-likeness (QED) is 0.0894. The lowest BCUT2D eigenvalue weighted by Crippen LogP contribution is -2.63. The van der Waals surface area contributed by atoms with Gasteiger partial charge in [-0.05, 0) is 104 Å². The molecule has 7 aliphatic rings. The molecule has 0 aromatic rings. The molecule has 0 bridgehead atoms. The molecule has 0 amide bonds. The molecule has 7 rings (SSSR count). The normalized spacial score (nSPS) is 54.8. The van der Waals surface area contributed by atoms with Crippen molar-refractivity contribution in [3.63, 3.8) is 0 Å². The summed E-state index contributed by atoms with van der Waals surface area (Å²) in [7, 11) is 0. The number of rotatable bonds is 12. The van der Waals surface area contributed by atoms with Gasteiger partial charge in [-0.3, -0.25) is 0 Å². The molecule has 2 saturated heterocycles. The zero-order valence-corrected chi connectivity index (χ0v) is 34.1. The fourth-order valence-electron chi connectivity index (χ4n) is 14.3. The van der Waals surface area contributed by atoms with Crippen LogP contribution in [0.15, 0.2) is 12.2 Å². The number of aliphatic hydroxyl groups excluding tert-OH is 11. The zero-order chi connectivity index (χ0) is 41.8. The third kappa shape index (κ3) is 6.55. The van der Waals surface area contributed by atoms with E-state index in [-0.39, 0.29) is 58.4 Å². The van der Waals surface area contributed by atoms with Gasteiger partial charge in [0, 0.05) is 11.8 Å². The van der Waals surface area contributed by atoms with Crippen molar-refractivity contribution in [1.29, 1.82) is 0 Å². The molecule has 2 aliphatic heterocycles. The summed E-state index contributed by atoms with van der Waals surface area (Å²) >= 11 is 0. The minimum absolute atomic E-state index is 0.00534. The van der Waals surface area contributed by atoms with E-state index in [1.54, 1.807) is 6.92 Å². The fourth-order valence-corrected chi connectivity index (χ4v) is 14.3. The zero-order valence-electron chi connectivity index (χ0n) is 34.1. The molecule has 0 aromatic carbocycles. The lowest BCUT2D eigenvalue weighted by molar-refractivity contribution is -0.340. The van der Waals surface area contributed by atoms with Crippen molar-refractivity contribution in [3.05, 3.63) is 12.2 Å². The Balaban J connectivity index is 1.17. The van der Waals surface area contributed by atoms with E-state index in [0.717, 1.165) is 38.5 Å². The first kappa shape index (κ1) is 44.2. The van der Waals surface area contributed by atoms with E-state index in [0.29, 0.717) is 18.4 Å². The van der Waals surface area contributed by atoms with E-state index < -0.39 is 104 Å². The molecule has 328 valence electrons. The van der Waals surface area contributed by atoms with Gasteiger partial charge in [-0.2, -0.15) is 0 Å². The van der Waals surface area contributed by atoms with E-state index >= 15 is 0 Å². The van der Waals surface area contributed by atoms with Crippen LogP contribution in [0.4, 0.5) is 0 Å². The van der Waals surface area contributed by atoms with E-state index in [9.17, 15) is 56.2 Å². The Morgan fingerprint density at radius 3 is 1.89 bits per heavy atom. The van der Waals surface area contributed by atoms with E-state index in [2.05, 4.69) is 20.4 Å². The molecular weight excluding hydrogens is 744 g/mol. The minimum Gasteiger partial charge on any atom is -0.394 e. The second kappa shape index (κ2) is 15.5. The van der Waals surface area contributed by atoms with Gasteiger partial charge in [0.25, 0.3) is 0 Å². The predicted octanol–water partition coefficient (Wildman–Crippen LogP) is -0.298. The van der Waals surface area contributed by atoms with Crippen molar-refractivity contribution in [2.24, 2.45) is 50.7 Å². The van der Waals surface area contributed by atoms with Gasteiger partial charge in [0.1, 0.15) is 48.8 Å². The minimum atomic E-state index is -1.63. The van der Waals surface area contributed by atoms with E-state index in [1.807, 2.05) is 13.8 Å². The third-order valence-corrected chi connectivity index (χ3v) is 17.7. The van der Waals surface area contributed by atoms with Gasteiger partial charge in [0.15, 0.2) is 12.6 Å². The Bertz CT molecular complexity index is 1470. The monoisotopic (exact) mass is 814 g/mol.